The Hall–Kier alpha value is -4.88. The van der Waals surface area contributed by atoms with Crippen molar-refractivity contribution in [3.63, 3.8) is 0 Å². The predicted molar refractivity (Wildman–Crippen MR) is 211 cm³/mol. The number of ether oxygens (including phenoxy) is 3. The van der Waals surface area contributed by atoms with Gasteiger partial charge >= 0.3 is 5.97 Å². The third kappa shape index (κ3) is 10.4. The fourth-order valence-electron chi connectivity index (χ4n) is 7.24. The van der Waals surface area contributed by atoms with Gasteiger partial charge in [0.25, 0.3) is 5.91 Å². The molecule has 0 aromatic heterocycles. The molecule has 0 saturated heterocycles. The van der Waals surface area contributed by atoms with E-state index in [1.807, 2.05) is 84.6 Å². The molecule has 1 amide bonds. The van der Waals surface area contributed by atoms with E-state index in [-0.39, 0.29) is 24.0 Å². The van der Waals surface area contributed by atoms with Crippen molar-refractivity contribution in [2.75, 3.05) is 6.54 Å². The molecular formula is C46H54N2O5. The van der Waals surface area contributed by atoms with E-state index in [4.69, 9.17) is 14.2 Å². The van der Waals surface area contributed by atoms with Crippen molar-refractivity contribution in [2.45, 2.75) is 104 Å². The number of carbonyl (C=O) groups is 2. The smallest absolute Gasteiger partial charge is 0.323 e. The molecular weight excluding hydrogens is 661 g/mol. The topological polar surface area (TPSA) is 77.1 Å². The Balaban J connectivity index is 1.12. The Bertz CT molecular complexity index is 1850. The number of hydrogen-bond donors (Lipinski definition) is 1. The minimum absolute atomic E-state index is 0.0803. The second-order valence-electron chi connectivity index (χ2n) is 15.0. The number of aryl methyl sites for hydroxylation is 1. The van der Waals surface area contributed by atoms with E-state index in [2.05, 4.69) is 43.9 Å². The maximum atomic E-state index is 14.3. The summed E-state index contributed by atoms with van der Waals surface area (Å²) in [5, 5.41) is 3.49. The van der Waals surface area contributed by atoms with E-state index in [1.54, 1.807) is 0 Å². The van der Waals surface area contributed by atoms with Crippen LogP contribution in [0.3, 0.4) is 0 Å². The Morgan fingerprint density at radius 1 is 0.792 bits per heavy atom. The standard InChI is InChI=1S/C46H54N2O5/c1-32(2)24-42(46(50)53-39-19-11-12-20-39)47-23-13-18-34-21-22-37-28-48(29-38(37)25-34)45(49)41-26-40(33(3)4)43(51-30-35-14-7-5-8-15-35)27-44(41)52-31-36-16-9-6-10-17-36/h5-10,14-17,21-22,25-27,32,39,42,47H,3,11-13,18-20,23-24,28-31H2,1-2,4H3/t42-/m0/s1. The van der Waals surface area contributed by atoms with Crippen LogP contribution in [0.15, 0.2) is 97.6 Å². The van der Waals surface area contributed by atoms with E-state index in [0.717, 1.165) is 84.9 Å². The van der Waals surface area contributed by atoms with Gasteiger partial charge in [-0.1, -0.05) is 99.3 Å². The number of carbonyl (C=O) groups excluding carboxylic acids is 2. The van der Waals surface area contributed by atoms with Crippen molar-refractivity contribution in [1.29, 1.82) is 0 Å². The van der Waals surface area contributed by atoms with Crippen LogP contribution in [-0.4, -0.2) is 35.5 Å². The zero-order chi connectivity index (χ0) is 37.2. The molecule has 0 unspecified atom stereocenters. The summed E-state index contributed by atoms with van der Waals surface area (Å²) in [6, 6.07) is 30.0. The molecule has 1 N–H and O–H groups in total. The SMILES string of the molecule is C=C(C)c1cc(C(=O)N2Cc3ccc(CCCN[C@@H](CC(C)C)C(=O)OC4CCCC4)cc3C2)c(OCc2ccccc2)cc1OCc1ccccc1. The maximum absolute atomic E-state index is 14.3. The van der Waals surface area contributed by atoms with E-state index in [0.29, 0.717) is 49.3 Å². The molecule has 278 valence electrons. The van der Waals surface area contributed by atoms with Crippen molar-refractivity contribution < 1.29 is 23.8 Å². The number of nitrogens with one attached hydrogen (secondary N) is 1. The normalized spacial score (nSPS) is 14.6. The van der Waals surface area contributed by atoms with Crippen molar-refractivity contribution in [2.24, 2.45) is 5.92 Å². The van der Waals surface area contributed by atoms with Gasteiger partial charge in [0.2, 0.25) is 0 Å². The number of rotatable bonds is 17. The molecule has 0 radical (unpaired) electrons. The van der Waals surface area contributed by atoms with Gasteiger partial charge in [-0.05, 0) is 104 Å². The molecule has 6 rings (SSSR count). The van der Waals surface area contributed by atoms with Crippen LogP contribution >= 0.6 is 0 Å². The fraction of sp³-hybridized carbons (Fsp3) is 0.391. The Morgan fingerprint density at radius 3 is 2.04 bits per heavy atom. The van der Waals surface area contributed by atoms with Crippen LogP contribution in [-0.2, 0) is 42.3 Å². The van der Waals surface area contributed by atoms with E-state index >= 15 is 0 Å². The molecule has 0 bridgehead atoms. The average molecular weight is 715 g/mol. The highest BCUT2D eigenvalue weighted by atomic mass is 16.5. The Labute approximate surface area is 315 Å². The molecule has 7 nitrogen and oxygen atoms in total. The third-order valence-electron chi connectivity index (χ3n) is 10.1. The van der Waals surface area contributed by atoms with E-state index in [1.165, 1.54) is 5.56 Å². The average Bonchev–Trinajstić information content (AvgIpc) is 3.84. The van der Waals surface area contributed by atoms with Gasteiger partial charge in [-0.2, -0.15) is 0 Å². The first kappa shape index (κ1) is 37.9. The summed E-state index contributed by atoms with van der Waals surface area (Å²) < 4.78 is 18.5. The summed E-state index contributed by atoms with van der Waals surface area (Å²) >= 11 is 0. The first-order valence-corrected chi connectivity index (χ1v) is 19.2. The van der Waals surface area contributed by atoms with Crippen LogP contribution in [0.5, 0.6) is 11.5 Å². The Kier molecular flexibility index (Phi) is 13.0. The predicted octanol–water partition coefficient (Wildman–Crippen LogP) is 9.46. The molecule has 1 saturated carbocycles. The maximum Gasteiger partial charge on any atom is 0.323 e. The quantitative estimate of drug-likeness (QED) is 0.0868. The Morgan fingerprint density at radius 2 is 1.42 bits per heavy atom. The number of nitrogens with zero attached hydrogens (tertiary/aromatic N) is 1. The summed E-state index contributed by atoms with van der Waals surface area (Å²) in [6.07, 6.45) is 6.88. The highest BCUT2D eigenvalue weighted by molar-refractivity contribution is 5.98. The van der Waals surface area contributed by atoms with Crippen molar-refractivity contribution in [3.05, 3.63) is 137 Å². The highest BCUT2D eigenvalue weighted by Gasteiger charge is 2.29. The minimum atomic E-state index is -0.272. The lowest BCUT2D eigenvalue weighted by Crippen LogP contribution is -2.41. The zero-order valence-electron chi connectivity index (χ0n) is 31.6. The van der Waals surface area contributed by atoms with Gasteiger partial charge in [0.15, 0.2) is 0 Å². The molecule has 0 spiro atoms. The van der Waals surface area contributed by atoms with Crippen LogP contribution in [0, 0.1) is 5.92 Å². The van der Waals surface area contributed by atoms with Gasteiger partial charge in [-0.25, -0.2) is 0 Å². The fourth-order valence-corrected chi connectivity index (χ4v) is 7.24. The van der Waals surface area contributed by atoms with Crippen LogP contribution in [0.4, 0.5) is 0 Å². The summed E-state index contributed by atoms with van der Waals surface area (Å²) in [4.78, 5) is 29.2. The first-order chi connectivity index (χ1) is 25.7. The minimum Gasteiger partial charge on any atom is -0.488 e. The lowest BCUT2D eigenvalue weighted by atomic mass is 10.0. The highest BCUT2D eigenvalue weighted by Crippen LogP contribution is 2.36. The number of benzene rings is 4. The van der Waals surface area contributed by atoms with E-state index in [9.17, 15) is 9.59 Å². The zero-order valence-corrected chi connectivity index (χ0v) is 31.6. The van der Waals surface area contributed by atoms with Crippen LogP contribution in [0.1, 0.15) is 103 Å². The van der Waals surface area contributed by atoms with E-state index < -0.39 is 0 Å². The van der Waals surface area contributed by atoms with Crippen molar-refractivity contribution >= 4 is 17.4 Å². The van der Waals surface area contributed by atoms with Gasteiger partial charge in [0.05, 0.1) is 5.56 Å². The number of allylic oxidation sites excluding steroid dienone is 1. The largest absolute Gasteiger partial charge is 0.488 e. The van der Waals surface area contributed by atoms with Crippen LogP contribution in [0.2, 0.25) is 0 Å². The number of esters is 1. The molecule has 4 aromatic rings. The molecule has 53 heavy (non-hydrogen) atoms. The van der Waals surface area contributed by atoms with Crippen molar-refractivity contribution in [3.8, 4) is 11.5 Å². The summed E-state index contributed by atoms with van der Waals surface area (Å²) in [5.41, 5.74) is 7.69. The second kappa shape index (κ2) is 18.2. The van der Waals surface area contributed by atoms with Crippen molar-refractivity contribution in [1.82, 2.24) is 10.2 Å². The molecule has 1 aliphatic heterocycles. The molecule has 1 fully saturated rings. The summed E-state index contributed by atoms with van der Waals surface area (Å²) in [5.74, 6) is 1.32. The monoisotopic (exact) mass is 714 g/mol. The first-order valence-electron chi connectivity index (χ1n) is 19.2. The van der Waals surface area contributed by atoms with Gasteiger partial charge < -0.3 is 24.4 Å². The van der Waals surface area contributed by atoms with Crippen LogP contribution < -0.4 is 14.8 Å². The third-order valence-corrected chi connectivity index (χ3v) is 10.1. The van der Waals surface area contributed by atoms with Crippen LogP contribution in [0.25, 0.3) is 5.57 Å². The molecule has 7 heteroatoms. The molecule has 1 heterocycles. The van der Waals surface area contributed by atoms with Gasteiger partial charge in [0.1, 0.15) is 36.9 Å². The van der Waals surface area contributed by atoms with Gasteiger partial charge in [-0.3, -0.25) is 9.59 Å². The number of hydrogen-bond acceptors (Lipinski definition) is 6. The van der Waals surface area contributed by atoms with Gasteiger partial charge in [0, 0.05) is 24.7 Å². The molecule has 2 aliphatic rings. The lowest BCUT2D eigenvalue weighted by Gasteiger charge is -2.21. The summed E-state index contributed by atoms with van der Waals surface area (Å²) in [7, 11) is 0. The number of amides is 1. The molecule has 4 aromatic carbocycles. The summed E-state index contributed by atoms with van der Waals surface area (Å²) in [6.45, 7) is 12.9. The molecule has 1 atom stereocenters. The number of fused-ring (bicyclic) bond motifs is 1. The van der Waals surface area contributed by atoms with Gasteiger partial charge in [-0.15, -0.1) is 0 Å². The lowest BCUT2D eigenvalue weighted by molar-refractivity contribution is -0.151. The molecule has 1 aliphatic carbocycles. The second-order valence-corrected chi connectivity index (χ2v) is 15.0.